The van der Waals surface area contributed by atoms with E-state index in [1.165, 1.54) is 12.8 Å². The maximum absolute atomic E-state index is 11.8. The van der Waals surface area contributed by atoms with Crippen molar-refractivity contribution in [3.8, 4) is 0 Å². The van der Waals surface area contributed by atoms with E-state index in [0.29, 0.717) is 23.2 Å². The van der Waals surface area contributed by atoms with Crippen molar-refractivity contribution in [2.45, 2.75) is 32.2 Å². The standard InChI is InChI=1S/C13H18N2O.ClH/c1-2-4-9-8-12(9)15-13(16)10-5-3-6-11(14)7-10;/h3,5-7,9,12H,2,4,8,14H2,1H3,(H,15,16);1H. The summed E-state index contributed by atoms with van der Waals surface area (Å²) >= 11 is 0. The molecule has 2 atom stereocenters. The van der Waals surface area contributed by atoms with Crippen molar-refractivity contribution in [3.05, 3.63) is 29.8 Å². The molecule has 2 rings (SSSR count). The van der Waals surface area contributed by atoms with Crippen molar-refractivity contribution < 1.29 is 4.79 Å². The minimum absolute atomic E-state index is 0. The largest absolute Gasteiger partial charge is 0.399 e. The number of nitrogens with two attached hydrogens (primary N) is 1. The van der Waals surface area contributed by atoms with Gasteiger partial charge in [0.05, 0.1) is 0 Å². The van der Waals surface area contributed by atoms with E-state index in [4.69, 9.17) is 5.73 Å². The molecule has 0 aliphatic heterocycles. The number of carbonyl (C=O) groups excluding carboxylic acids is 1. The first-order valence-electron chi connectivity index (χ1n) is 5.87. The monoisotopic (exact) mass is 254 g/mol. The van der Waals surface area contributed by atoms with Crippen LogP contribution in [0, 0.1) is 5.92 Å². The smallest absolute Gasteiger partial charge is 0.251 e. The number of hydrogen-bond acceptors (Lipinski definition) is 2. The molecule has 0 aromatic heterocycles. The summed E-state index contributed by atoms with van der Waals surface area (Å²) in [7, 11) is 0. The van der Waals surface area contributed by atoms with E-state index in [9.17, 15) is 4.79 Å². The third-order valence-electron chi connectivity index (χ3n) is 3.05. The zero-order chi connectivity index (χ0) is 11.5. The van der Waals surface area contributed by atoms with E-state index >= 15 is 0 Å². The second-order valence-electron chi connectivity index (χ2n) is 4.49. The first kappa shape index (κ1) is 13.8. The lowest BCUT2D eigenvalue weighted by Gasteiger charge is -2.05. The number of amides is 1. The van der Waals surface area contributed by atoms with Crippen LogP contribution in [0.1, 0.15) is 36.5 Å². The number of benzene rings is 1. The second kappa shape index (κ2) is 5.92. The fourth-order valence-electron chi connectivity index (χ4n) is 2.05. The van der Waals surface area contributed by atoms with Crippen LogP contribution in [0.25, 0.3) is 0 Å². The Bertz CT molecular complexity index is 395. The SMILES string of the molecule is CCCC1CC1NC(=O)c1cccc(N)c1.Cl. The molecule has 0 bridgehead atoms. The van der Waals surface area contributed by atoms with Crippen molar-refractivity contribution in [2.24, 2.45) is 5.92 Å². The van der Waals surface area contributed by atoms with Crippen LogP contribution < -0.4 is 11.1 Å². The van der Waals surface area contributed by atoms with Crippen LogP contribution >= 0.6 is 12.4 Å². The molecule has 0 saturated heterocycles. The average Bonchev–Trinajstić information content (AvgIpc) is 2.97. The number of nitrogen functional groups attached to an aromatic ring is 1. The van der Waals surface area contributed by atoms with Gasteiger partial charge in [-0.2, -0.15) is 0 Å². The highest BCUT2D eigenvalue weighted by atomic mass is 35.5. The topological polar surface area (TPSA) is 55.1 Å². The molecule has 94 valence electrons. The number of hydrogen-bond donors (Lipinski definition) is 2. The molecule has 0 radical (unpaired) electrons. The number of anilines is 1. The van der Waals surface area contributed by atoms with Crippen molar-refractivity contribution in [3.63, 3.8) is 0 Å². The van der Waals surface area contributed by atoms with E-state index in [0.717, 1.165) is 6.42 Å². The normalized spacial score (nSPS) is 21.5. The molecule has 1 saturated carbocycles. The minimum Gasteiger partial charge on any atom is -0.399 e. The highest BCUT2D eigenvalue weighted by molar-refractivity contribution is 5.95. The lowest BCUT2D eigenvalue weighted by atomic mass is 10.2. The fraction of sp³-hybridized carbons (Fsp3) is 0.462. The van der Waals surface area contributed by atoms with Crippen LogP contribution in [0.3, 0.4) is 0 Å². The molecule has 1 fully saturated rings. The Hall–Kier alpha value is -1.22. The highest BCUT2D eigenvalue weighted by Crippen LogP contribution is 2.34. The van der Waals surface area contributed by atoms with Gasteiger partial charge in [-0.1, -0.05) is 19.4 Å². The van der Waals surface area contributed by atoms with Crippen LogP contribution in [0.15, 0.2) is 24.3 Å². The first-order chi connectivity index (χ1) is 7.70. The van der Waals surface area contributed by atoms with E-state index < -0.39 is 0 Å². The van der Waals surface area contributed by atoms with Crippen LogP contribution in [0.4, 0.5) is 5.69 Å². The van der Waals surface area contributed by atoms with E-state index in [-0.39, 0.29) is 18.3 Å². The zero-order valence-corrected chi connectivity index (χ0v) is 10.8. The van der Waals surface area contributed by atoms with Crippen LogP contribution in [-0.2, 0) is 0 Å². The molecule has 0 heterocycles. The summed E-state index contributed by atoms with van der Waals surface area (Å²) in [6.45, 7) is 2.18. The molecule has 1 aliphatic carbocycles. The minimum atomic E-state index is -0.00379. The molecule has 17 heavy (non-hydrogen) atoms. The molecule has 3 N–H and O–H groups in total. The van der Waals surface area contributed by atoms with Crippen LogP contribution in [0.5, 0.6) is 0 Å². The summed E-state index contributed by atoms with van der Waals surface area (Å²) < 4.78 is 0. The molecule has 1 aliphatic rings. The average molecular weight is 255 g/mol. The van der Waals surface area contributed by atoms with Gasteiger partial charge in [0.25, 0.3) is 5.91 Å². The van der Waals surface area contributed by atoms with Gasteiger partial charge in [0, 0.05) is 17.3 Å². The van der Waals surface area contributed by atoms with Gasteiger partial charge in [-0.25, -0.2) is 0 Å². The van der Waals surface area contributed by atoms with Gasteiger partial charge < -0.3 is 11.1 Å². The Morgan fingerprint density at radius 3 is 2.94 bits per heavy atom. The number of nitrogens with one attached hydrogen (secondary N) is 1. The third kappa shape index (κ3) is 3.63. The Balaban J connectivity index is 0.00000144. The highest BCUT2D eigenvalue weighted by Gasteiger charge is 2.37. The van der Waals surface area contributed by atoms with Gasteiger partial charge in [-0.15, -0.1) is 12.4 Å². The maximum Gasteiger partial charge on any atom is 0.251 e. The molecule has 0 spiro atoms. The van der Waals surface area contributed by atoms with Crippen molar-refractivity contribution in [1.82, 2.24) is 5.32 Å². The summed E-state index contributed by atoms with van der Waals surface area (Å²) in [6.07, 6.45) is 3.53. The van der Waals surface area contributed by atoms with Gasteiger partial charge in [-0.3, -0.25) is 4.79 Å². The van der Waals surface area contributed by atoms with Gasteiger partial charge in [0.2, 0.25) is 0 Å². The van der Waals surface area contributed by atoms with Gasteiger partial charge in [0.15, 0.2) is 0 Å². The molecule has 4 heteroatoms. The van der Waals surface area contributed by atoms with Gasteiger partial charge in [-0.05, 0) is 37.0 Å². The first-order valence-corrected chi connectivity index (χ1v) is 5.87. The van der Waals surface area contributed by atoms with Gasteiger partial charge >= 0.3 is 0 Å². The quantitative estimate of drug-likeness (QED) is 0.812. The predicted molar refractivity (Wildman–Crippen MR) is 72.4 cm³/mol. The van der Waals surface area contributed by atoms with Crippen molar-refractivity contribution in [1.29, 1.82) is 0 Å². The zero-order valence-electron chi connectivity index (χ0n) is 9.98. The summed E-state index contributed by atoms with van der Waals surface area (Å²) in [5.74, 6) is 0.686. The Morgan fingerprint density at radius 2 is 2.29 bits per heavy atom. The van der Waals surface area contributed by atoms with Crippen molar-refractivity contribution in [2.75, 3.05) is 5.73 Å². The molecular weight excluding hydrogens is 236 g/mol. The molecule has 1 amide bonds. The molecule has 1 aromatic rings. The molecular formula is C13H19ClN2O. The Kier molecular flexibility index (Phi) is 4.82. The number of rotatable bonds is 4. The Morgan fingerprint density at radius 1 is 1.53 bits per heavy atom. The molecule has 1 aromatic carbocycles. The number of carbonyl (C=O) groups is 1. The maximum atomic E-state index is 11.8. The lowest BCUT2D eigenvalue weighted by molar-refractivity contribution is 0.0949. The summed E-state index contributed by atoms with van der Waals surface area (Å²) in [5, 5.41) is 3.04. The lowest BCUT2D eigenvalue weighted by Crippen LogP contribution is -2.26. The molecule has 2 unspecified atom stereocenters. The predicted octanol–water partition coefficient (Wildman–Crippen LogP) is 2.61. The molecule has 3 nitrogen and oxygen atoms in total. The van der Waals surface area contributed by atoms with E-state index in [2.05, 4.69) is 12.2 Å². The van der Waals surface area contributed by atoms with Gasteiger partial charge in [0.1, 0.15) is 0 Å². The fourth-order valence-corrected chi connectivity index (χ4v) is 2.05. The van der Waals surface area contributed by atoms with Crippen LogP contribution in [-0.4, -0.2) is 11.9 Å². The van der Waals surface area contributed by atoms with Crippen LogP contribution in [0.2, 0.25) is 0 Å². The van der Waals surface area contributed by atoms with E-state index in [1.807, 2.05) is 0 Å². The second-order valence-corrected chi connectivity index (χ2v) is 4.49. The summed E-state index contributed by atoms with van der Waals surface area (Å²) in [4.78, 5) is 11.8. The summed E-state index contributed by atoms with van der Waals surface area (Å²) in [5.41, 5.74) is 6.93. The number of halogens is 1. The van der Waals surface area contributed by atoms with E-state index in [1.54, 1.807) is 24.3 Å². The Labute approximate surface area is 108 Å². The summed E-state index contributed by atoms with van der Waals surface area (Å²) in [6, 6.07) is 7.48. The third-order valence-corrected chi connectivity index (χ3v) is 3.05. The van der Waals surface area contributed by atoms with Crippen molar-refractivity contribution >= 4 is 24.0 Å².